The predicted octanol–water partition coefficient (Wildman–Crippen LogP) is -0.212. The maximum Gasteiger partial charge on any atom is 0.220 e. The number of aliphatic hydroxyl groups excluding tert-OH is 2. The molecule has 0 aromatic carbocycles. The Bertz CT molecular complexity index is 172. The lowest BCUT2D eigenvalue weighted by Gasteiger charge is -2.28. The SMILES string of the molecule is O=C1CC[C@H](O)[C@@H](CCCCO)N1. The van der Waals surface area contributed by atoms with E-state index >= 15 is 0 Å². The molecule has 3 N–H and O–H groups in total. The Hall–Kier alpha value is -0.610. The number of piperidine rings is 1. The molecule has 13 heavy (non-hydrogen) atoms. The van der Waals surface area contributed by atoms with Crippen LogP contribution >= 0.6 is 0 Å². The fourth-order valence-electron chi connectivity index (χ4n) is 1.60. The number of rotatable bonds is 4. The Morgan fingerprint density at radius 1 is 1.46 bits per heavy atom. The van der Waals surface area contributed by atoms with Gasteiger partial charge in [0.05, 0.1) is 12.1 Å². The molecule has 1 saturated heterocycles. The van der Waals surface area contributed by atoms with Gasteiger partial charge in [0.15, 0.2) is 0 Å². The van der Waals surface area contributed by atoms with Crippen molar-refractivity contribution in [3.8, 4) is 0 Å². The molecule has 0 saturated carbocycles. The summed E-state index contributed by atoms with van der Waals surface area (Å²) in [5.74, 6) is 0.0271. The van der Waals surface area contributed by atoms with E-state index in [2.05, 4.69) is 5.32 Å². The van der Waals surface area contributed by atoms with Crippen LogP contribution in [0.5, 0.6) is 0 Å². The maximum absolute atomic E-state index is 11.0. The summed E-state index contributed by atoms with van der Waals surface area (Å²) in [4.78, 5) is 11.0. The molecule has 0 aromatic heterocycles. The van der Waals surface area contributed by atoms with Crippen LogP contribution in [0.25, 0.3) is 0 Å². The third kappa shape index (κ3) is 3.32. The Morgan fingerprint density at radius 3 is 2.92 bits per heavy atom. The van der Waals surface area contributed by atoms with Crippen LogP contribution in [-0.2, 0) is 4.79 Å². The third-order valence-corrected chi connectivity index (χ3v) is 2.40. The first kappa shape index (κ1) is 10.5. The van der Waals surface area contributed by atoms with Crippen LogP contribution in [0.4, 0.5) is 0 Å². The van der Waals surface area contributed by atoms with Gasteiger partial charge in [0.1, 0.15) is 0 Å². The molecule has 2 atom stereocenters. The first-order chi connectivity index (χ1) is 6.24. The fraction of sp³-hybridized carbons (Fsp3) is 0.889. The van der Waals surface area contributed by atoms with Gasteiger partial charge in [0.2, 0.25) is 5.91 Å². The molecule has 1 fully saturated rings. The van der Waals surface area contributed by atoms with E-state index in [4.69, 9.17) is 5.11 Å². The molecule has 4 nitrogen and oxygen atoms in total. The standard InChI is InChI=1S/C9H17NO3/c11-6-2-1-3-7-8(12)4-5-9(13)10-7/h7-8,11-12H,1-6H2,(H,10,13)/t7-,8+/m1/s1. The monoisotopic (exact) mass is 187 g/mol. The van der Waals surface area contributed by atoms with Crippen molar-refractivity contribution < 1.29 is 15.0 Å². The van der Waals surface area contributed by atoms with Crippen LogP contribution in [-0.4, -0.2) is 34.9 Å². The molecule has 76 valence electrons. The second kappa shape index (κ2) is 5.19. The normalized spacial score (nSPS) is 28.6. The van der Waals surface area contributed by atoms with E-state index in [1.54, 1.807) is 0 Å². The second-order valence-corrected chi connectivity index (χ2v) is 3.50. The summed E-state index contributed by atoms with van der Waals surface area (Å²) in [6, 6.07) is -0.104. The van der Waals surface area contributed by atoms with Crippen molar-refractivity contribution >= 4 is 5.91 Å². The largest absolute Gasteiger partial charge is 0.396 e. The summed E-state index contributed by atoms with van der Waals surface area (Å²) >= 11 is 0. The number of amides is 1. The summed E-state index contributed by atoms with van der Waals surface area (Å²) in [6.45, 7) is 0.177. The van der Waals surface area contributed by atoms with E-state index < -0.39 is 6.10 Å². The van der Waals surface area contributed by atoms with Gasteiger partial charge in [-0.15, -0.1) is 0 Å². The second-order valence-electron chi connectivity index (χ2n) is 3.50. The molecular formula is C9H17NO3. The van der Waals surface area contributed by atoms with E-state index in [9.17, 15) is 9.90 Å². The van der Waals surface area contributed by atoms with Gasteiger partial charge in [0, 0.05) is 13.0 Å². The van der Waals surface area contributed by atoms with E-state index in [-0.39, 0.29) is 18.6 Å². The van der Waals surface area contributed by atoms with Gasteiger partial charge >= 0.3 is 0 Å². The highest BCUT2D eigenvalue weighted by atomic mass is 16.3. The Balaban J connectivity index is 2.25. The summed E-state index contributed by atoms with van der Waals surface area (Å²) < 4.78 is 0. The average molecular weight is 187 g/mol. The maximum atomic E-state index is 11.0. The molecule has 1 rings (SSSR count). The molecule has 1 aliphatic rings. The zero-order chi connectivity index (χ0) is 9.68. The summed E-state index contributed by atoms with van der Waals surface area (Å²) in [5.41, 5.74) is 0. The van der Waals surface area contributed by atoms with Gasteiger partial charge < -0.3 is 15.5 Å². The van der Waals surface area contributed by atoms with Crippen LogP contribution in [0.15, 0.2) is 0 Å². The van der Waals surface area contributed by atoms with Gasteiger partial charge in [0.25, 0.3) is 0 Å². The summed E-state index contributed by atoms with van der Waals surface area (Å²) in [5, 5.41) is 20.8. The van der Waals surface area contributed by atoms with Crippen molar-refractivity contribution in [3.05, 3.63) is 0 Å². The quantitative estimate of drug-likeness (QED) is 0.533. The Morgan fingerprint density at radius 2 is 2.23 bits per heavy atom. The van der Waals surface area contributed by atoms with Gasteiger partial charge in [-0.3, -0.25) is 4.79 Å². The van der Waals surface area contributed by atoms with E-state index in [0.717, 1.165) is 19.3 Å². The zero-order valence-corrected chi connectivity index (χ0v) is 7.70. The lowest BCUT2D eigenvalue weighted by atomic mass is 9.96. The molecule has 0 radical (unpaired) electrons. The molecule has 0 aliphatic carbocycles. The zero-order valence-electron chi connectivity index (χ0n) is 7.70. The number of hydrogen-bond acceptors (Lipinski definition) is 3. The first-order valence-corrected chi connectivity index (χ1v) is 4.82. The fourth-order valence-corrected chi connectivity index (χ4v) is 1.60. The minimum absolute atomic E-state index is 0.0271. The van der Waals surface area contributed by atoms with Crippen LogP contribution < -0.4 is 5.32 Å². The number of carbonyl (C=O) groups excluding carboxylic acids is 1. The van der Waals surface area contributed by atoms with Crippen LogP contribution in [0.1, 0.15) is 32.1 Å². The molecule has 1 aliphatic heterocycles. The first-order valence-electron chi connectivity index (χ1n) is 4.82. The highest BCUT2D eigenvalue weighted by Crippen LogP contribution is 2.14. The molecule has 0 aromatic rings. The molecule has 4 heteroatoms. The highest BCUT2D eigenvalue weighted by molar-refractivity contribution is 5.77. The van der Waals surface area contributed by atoms with Crippen molar-refractivity contribution in [3.63, 3.8) is 0 Å². The lowest BCUT2D eigenvalue weighted by molar-refractivity contribution is -0.126. The van der Waals surface area contributed by atoms with Crippen molar-refractivity contribution in [2.24, 2.45) is 0 Å². The molecule has 0 unspecified atom stereocenters. The van der Waals surface area contributed by atoms with Crippen LogP contribution in [0.2, 0.25) is 0 Å². The number of nitrogens with one attached hydrogen (secondary N) is 1. The lowest BCUT2D eigenvalue weighted by Crippen LogP contribution is -2.47. The minimum Gasteiger partial charge on any atom is -0.396 e. The predicted molar refractivity (Wildman–Crippen MR) is 48.1 cm³/mol. The van der Waals surface area contributed by atoms with E-state index in [0.29, 0.717) is 12.8 Å². The topological polar surface area (TPSA) is 69.6 Å². The van der Waals surface area contributed by atoms with Crippen molar-refractivity contribution in [1.82, 2.24) is 5.32 Å². The van der Waals surface area contributed by atoms with E-state index in [1.165, 1.54) is 0 Å². The summed E-state index contributed by atoms with van der Waals surface area (Å²) in [7, 11) is 0. The van der Waals surface area contributed by atoms with Crippen LogP contribution in [0.3, 0.4) is 0 Å². The molecule has 1 heterocycles. The Kier molecular flexibility index (Phi) is 4.18. The summed E-state index contributed by atoms with van der Waals surface area (Å²) in [6.07, 6.45) is 2.93. The number of carbonyl (C=O) groups is 1. The molecular weight excluding hydrogens is 170 g/mol. The smallest absolute Gasteiger partial charge is 0.220 e. The third-order valence-electron chi connectivity index (χ3n) is 2.40. The van der Waals surface area contributed by atoms with Crippen molar-refractivity contribution in [2.45, 2.75) is 44.2 Å². The molecule has 0 bridgehead atoms. The number of aliphatic hydroxyl groups is 2. The Labute approximate surface area is 78.0 Å². The molecule has 0 spiro atoms. The minimum atomic E-state index is -0.406. The van der Waals surface area contributed by atoms with Crippen molar-refractivity contribution in [2.75, 3.05) is 6.61 Å². The highest BCUT2D eigenvalue weighted by Gasteiger charge is 2.25. The van der Waals surface area contributed by atoms with Crippen molar-refractivity contribution in [1.29, 1.82) is 0 Å². The number of hydrogen-bond donors (Lipinski definition) is 3. The van der Waals surface area contributed by atoms with Gasteiger partial charge in [-0.2, -0.15) is 0 Å². The van der Waals surface area contributed by atoms with Gasteiger partial charge in [-0.05, 0) is 25.7 Å². The average Bonchev–Trinajstić information content (AvgIpc) is 2.11. The van der Waals surface area contributed by atoms with E-state index in [1.807, 2.05) is 0 Å². The van der Waals surface area contributed by atoms with Gasteiger partial charge in [-0.1, -0.05) is 0 Å². The molecule has 1 amide bonds. The van der Waals surface area contributed by atoms with Gasteiger partial charge in [-0.25, -0.2) is 0 Å². The number of unbranched alkanes of at least 4 members (excludes halogenated alkanes) is 1. The van der Waals surface area contributed by atoms with Crippen LogP contribution in [0, 0.1) is 0 Å².